The average molecular weight is 374 g/mol. The number of hydrogen-bond donors (Lipinski definition) is 0. The first-order chi connectivity index (χ1) is 13.2. The second-order valence-electron chi connectivity index (χ2n) is 6.33. The predicted octanol–water partition coefficient (Wildman–Crippen LogP) is 3.70. The smallest absolute Gasteiger partial charge is 0.255 e. The summed E-state index contributed by atoms with van der Waals surface area (Å²) in [6.45, 7) is 0.286. The Balaban J connectivity index is 1.59. The summed E-state index contributed by atoms with van der Waals surface area (Å²) in [7, 11) is 0. The van der Waals surface area contributed by atoms with E-state index in [1.807, 2.05) is 72.8 Å². The molecule has 0 unspecified atom stereocenters. The Morgan fingerprint density at radius 3 is 1.85 bits per heavy atom. The first-order valence-corrected chi connectivity index (χ1v) is 9.48. The van der Waals surface area contributed by atoms with Crippen LogP contribution in [0, 0.1) is 0 Å². The average Bonchev–Trinajstić information content (AvgIpc) is 2.98. The molecule has 0 aliphatic heterocycles. The Kier molecular flexibility index (Phi) is 4.85. The van der Waals surface area contributed by atoms with Gasteiger partial charge in [-0.3, -0.25) is 4.79 Å². The van der Waals surface area contributed by atoms with Gasteiger partial charge in [0, 0.05) is 11.5 Å². The SMILES string of the molecule is O=c1sn(-c2ccc(Cc3ccccc3)cc2)c(=O)n1Cc1ccccc1. The molecule has 0 N–H and O–H groups in total. The number of benzene rings is 3. The molecular weight excluding hydrogens is 356 g/mol. The highest BCUT2D eigenvalue weighted by atomic mass is 32.1. The minimum Gasteiger partial charge on any atom is -0.255 e. The van der Waals surface area contributed by atoms with Crippen LogP contribution in [-0.4, -0.2) is 8.52 Å². The van der Waals surface area contributed by atoms with E-state index in [1.54, 1.807) is 0 Å². The number of hydrogen-bond acceptors (Lipinski definition) is 3. The molecule has 0 saturated heterocycles. The van der Waals surface area contributed by atoms with Crippen LogP contribution < -0.4 is 10.6 Å². The highest BCUT2D eigenvalue weighted by Crippen LogP contribution is 2.13. The molecule has 4 rings (SSSR count). The first-order valence-electron chi connectivity index (χ1n) is 8.71. The van der Waals surface area contributed by atoms with Crippen molar-refractivity contribution >= 4 is 11.5 Å². The maximum Gasteiger partial charge on any atom is 0.346 e. The van der Waals surface area contributed by atoms with Gasteiger partial charge in [-0.1, -0.05) is 72.8 Å². The fourth-order valence-electron chi connectivity index (χ4n) is 3.00. The molecule has 0 saturated carbocycles. The summed E-state index contributed by atoms with van der Waals surface area (Å²) in [6, 6.07) is 27.5. The van der Waals surface area contributed by atoms with Crippen molar-refractivity contribution in [2.24, 2.45) is 0 Å². The first kappa shape index (κ1) is 17.2. The van der Waals surface area contributed by atoms with Gasteiger partial charge in [-0.15, -0.1) is 0 Å². The van der Waals surface area contributed by atoms with E-state index in [1.165, 1.54) is 14.1 Å². The van der Waals surface area contributed by atoms with E-state index in [4.69, 9.17) is 0 Å². The van der Waals surface area contributed by atoms with Crippen LogP contribution >= 0.6 is 11.5 Å². The number of rotatable bonds is 5. The van der Waals surface area contributed by atoms with Gasteiger partial charge in [0.25, 0.3) is 0 Å². The highest BCUT2D eigenvalue weighted by Gasteiger charge is 2.12. The maximum atomic E-state index is 12.7. The Morgan fingerprint density at radius 1 is 0.667 bits per heavy atom. The molecule has 134 valence electrons. The van der Waals surface area contributed by atoms with Crippen LogP contribution in [0.2, 0.25) is 0 Å². The Hall–Kier alpha value is -3.18. The van der Waals surface area contributed by atoms with Gasteiger partial charge >= 0.3 is 10.6 Å². The zero-order valence-corrected chi connectivity index (χ0v) is 15.4. The lowest BCUT2D eigenvalue weighted by Gasteiger charge is -2.04. The molecule has 0 atom stereocenters. The van der Waals surface area contributed by atoms with E-state index in [-0.39, 0.29) is 17.1 Å². The van der Waals surface area contributed by atoms with E-state index in [0.29, 0.717) is 5.69 Å². The predicted molar refractivity (Wildman–Crippen MR) is 109 cm³/mol. The highest BCUT2D eigenvalue weighted by molar-refractivity contribution is 7.03. The third-order valence-corrected chi connectivity index (χ3v) is 5.33. The lowest BCUT2D eigenvalue weighted by molar-refractivity contribution is 0.723. The molecule has 0 bridgehead atoms. The molecule has 0 fully saturated rings. The third-order valence-electron chi connectivity index (χ3n) is 4.40. The van der Waals surface area contributed by atoms with Crippen molar-refractivity contribution in [1.82, 2.24) is 8.52 Å². The third kappa shape index (κ3) is 3.83. The second-order valence-corrected chi connectivity index (χ2v) is 7.23. The van der Waals surface area contributed by atoms with Gasteiger partial charge < -0.3 is 0 Å². The molecule has 1 aromatic heterocycles. The summed E-state index contributed by atoms with van der Waals surface area (Å²) in [5.74, 6) is 0. The maximum absolute atomic E-state index is 12.7. The minimum atomic E-state index is -0.301. The van der Waals surface area contributed by atoms with Crippen molar-refractivity contribution in [1.29, 1.82) is 0 Å². The molecular formula is C22H18N2O2S. The minimum absolute atomic E-state index is 0.253. The van der Waals surface area contributed by atoms with Gasteiger partial charge in [-0.25, -0.2) is 13.3 Å². The molecule has 3 aromatic carbocycles. The Morgan fingerprint density at radius 2 is 1.22 bits per heavy atom. The Bertz CT molecular complexity index is 1140. The molecule has 0 amide bonds. The Labute approximate surface area is 160 Å². The van der Waals surface area contributed by atoms with Crippen LogP contribution in [0.3, 0.4) is 0 Å². The molecule has 5 heteroatoms. The van der Waals surface area contributed by atoms with Crippen LogP contribution in [0.5, 0.6) is 0 Å². The summed E-state index contributed by atoms with van der Waals surface area (Å²) in [5.41, 5.74) is 3.74. The van der Waals surface area contributed by atoms with E-state index >= 15 is 0 Å². The van der Waals surface area contributed by atoms with Crippen molar-refractivity contribution in [3.63, 3.8) is 0 Å². The monoisotopic (exact) mass is 374 g/mol. The molecule has 0 spiro atoms. The zero-order chi connectivity index (χ0) is 18.6. The van der Waals surface area contributed by atoms with Crippen LogP contribution in [-0.2, 0) is 13.0 Å². The van der Waals surface area contributed by atoms with E-state index in [0.717, 1.165) is 29.1 Å². The van der Waals surface area contributed by atoms with Gasteiger partial charge in [-0.2, -0.15) is 0 Å². The number of nitrogens with zero attached hydrogens (tertiary/aromatic N) is 2. The molecule has 0 aliphatic rings. The van der Waals surface area contributed by atoms with Gasteiger partial charge in [0.05, 0.1) is 12.2 Å². The van der Waals surface area contributed by atoms with Gasteiger partial charge in [-0.05, 0) is 35.2 Å². The molecule has 0 radical (unpaired) electrons. The van der Waals surface area contributed by atoms with Crippen molar-refractivity contribution in [3.8, 4) is 5.69 Å². The fraction of sp³-hybridized carbons (Fsp3) is 0.0909. The fourth-order valence-corrected chi connectivity index (χ4v) is 3.80. The van der Waals surface area contributed by atoms with E-state index < -0.39 is 0 Å². The van der Waals surface area contributed by atoms with Crippen LogP contribution in [0.1, 0.15) is 16.7 Å². The molecule has 4 aromatic rings. The summed E-state index contributed by atoms with van der Waals surface area (Å²) in [6.07, 6.45) is 0.835. The normalized spacial score (nSPS) is 10.8. The summed E-state index contributed by atoms with van der Waals surface area (Å²) in [4.78, 5) is 24.8. The van der Waals surface area contributed by atoms with Crippen molar-refractivity contribution in [2.45, 2.75) is 13.0 Å². The largest absolute Gasteiger partial charge is 0.346 e. The van der Waals surface area contributed by atoms with Crippen LogP contribution in [0.25, 0.3) is 5.69 Å². The van der Waals surface area contributed by atoms with Crippen molar-refractivity contribution < 1.29 is 0 Å². The molecule has 1 heterocycles. The van der Waals surface area contributed by atoms with Crippen LogP contribution in [0.15, 0.2) is 94.5 Å². The second kappa shape index (κ2) is 7.60. The standard InChI is InChI=1S/C22H18N2O2S/c25-21-23(16-19-9-5-2-6-10-19)22(26)27-24(21)20-13-11-18(12-14-20)15-17-7-3-1-4-8-17/h1-14H,15-16H2. The summed E-state index contributed by atoms with van der Waals surface area (Å²) in [5, 5.41) is 0. The number of aromatic nitrogens is 2. The van der Waals surface area contributed by atoms with Gasteiger partial charge in [0.15, 0.2) is 0 Å². The summed E-state index contributed by atoms with van der Waals surface area (Å²) >= 11 is 0.935. The summed E-state index contributed by atoms with van der Waals surface area (Å²) < 4.78 is 2.73. The van der Waals surface area contributed by atoms with Crippen molar-refractivity contribution in [2.75, 3.05) is 0 Å². The lowest BCUT2D eigenvalue weighted by Crippen LogP contribution is -2.28. The molecule has 4 nitrogen and oxygen atoms in total. The van der Waals surface area contributed by atoms with E-state index in [2.05, 4.69) is 12.1 Å². The van der Waals surface area contributed by atoms with Gasteiger partial charge in [0.1, 0.15) is 0 Å². The van der Waals surface area contributed by atoms with Crippen LogP contribution in [0.4, 0.5) is 0 Å². The zero-order valence-electron chi connectivity index (χ0n) is 14.6. The quantitative estimate of drug-likeness (QED) is 0.535. The van der Waals surface area contributed by atoms with Crippen molar-refractivity contribution in [3.05, 3.63) is 122 Å². The molecule has 27 heavy (non-hydrogen) atoms. The molecule has 0 aliphatic carbocycles. The van der Waals surface area contributed by atoms with Gasteiger partial charge in [0.2, 0.25) is 0 Å². The lowest BCUT2D eigenvalue weighted by atomic mass is 10.1. The topological polar surface area (TPSA) is 44.0 Å². The van der Waals surface area contributed by atoms with E-state index in [9.17, 15) is 9.59 Å².